The van der Waals surface area contributed by atoms with E-state index in [-0.39, 0.29) is 12.2 Å². The van der Waals surface area contributed by atoms with Gasteiger partial charge in [0.2, 0.25) is 0 Å². The Balaban J connectivity index is 1.82. The lowest BCUT2D eigenvalue weighted by Crippen LogP contribution is -2.28. The number of hydrogen-bond acceptors (Lipinski definition) is 3. The minimum absolute atomic E-state index is 0.175. The van der Waals surface area contributed by atoms with E-state index in [1.165, 1.54) is 12.1 Å². The number of nitrogens with one attached hydrogen (secondary N) is 3. The molecule has 2 rings (SSSR count). The van der Waals surface area contributed by atoms with Gasteiger partial charge in [-0.1, -0.05) is 12.1 Å². The zero-order valence-corrected chi connectivity index (χ0v) is 13.1. The molecule has 2 aromatic carbocycles. The molecule has 0 aromatic heterocycles. The largest absolute Gasteiger partial charge is 0.573 e. The van der Waals surface area contributed by atoms with Crippen molar-refractivity contribution < 1.29 is 32.6 Å². The molecule has 0 atom stereocenters. The fraction of sp³-hybridized carbons (Fsp3) is 0.125. The number of halogens is 3. The normalized spacial score (nSPS) is 10.7. The number of carboxylic acid groups (broad SMARTS) is 1. The first kappa shape index (κ1) is 18.9. The molecule has 3 amide bonds. The van der Waals surface area contributed by atoms with Crippen LogP contribution in [0.25, 0.3) is 0 Å². The third-order valence-corrected chi connectivity index (χ3v) is 3.00. The molecule has 26 heavy (non-hydrogen) atoms. The summed E-state index contributed by atoms with van der Waals surface area (Å²) in [7, 11) is 0. The number of carbonyl (C=O) groups is 2. The van der Waals surface area contributed by atoms with Crippen LogP contribution in [-0.4, -0.2) is 23.6 Å². The summed E-state index contributed by atoms with van der Waals surface area (Å²) in [6.45, 7) is 0.175. The van der Waals surface area contributed by atoms with Crippen LogP contribution < -0.4 is 20.7 Å². The second-order valence-electron chi connectivity index (χ2n) is 5.01. The van der Waals surface area contributed by atoms with Crippen molar-refractivity contribution in [1.82, 2.24) is 5.32 Å². The molecule has 7 nitrogen and oxygen atoms in total. The minimum Gasteiger partial charge on any atom is -0.465 e. The SMILES string of the molecule is O=C(O)Nc1ccc(CNC(=O)Nc2ccc(OC(F)(F)F)cc2)cc1. The molecular weight excluding hydrogens is 355 g/mol. The number of ether oxygens (including phenoxy) is 1. The Bertz CT molecular complexity index is 762. The highest BCUT2D eigenvalue weighted by Gasteiger charge is 2.30. The van der Waals surface area contributed by atoms with Crippen molar-refractivity contribution in [2.24, 2.45) is 0 Å². The Kier molecular flexibility index (Phi) is 5.89. The lowest BCUT2D eigenvalue weighted by molar-refractivity contribution is -0.274. The van der Waals surface area contributed by atoms with Gasteiger partial charge in [-0.3, -0.25) is 5.32 Å². The van der Waals surface area contributed by atoms with Gasteiger partial charge in [0.15, 0.2) is 0 Å². The molecule has 138 valence electrons. The van der Waals surface area contributed by atoms with Gasteiger partial charge in [-0.2, -0.15) is 0 Å². The third-order valence-electron chi connectivity index (χ3n) is 3.00. The van der Waals surface area contributed by atoms with Crippen LogP contribution in [0.3, 0.4) is 0 Å². The zero-order valence-electron chi connectivity index (χ0n) is 13.1. The van der Waals surface area contributed by atoms with E-state index < -0.39 is 24.2 Å². The molecule has 0 aliphatic rings. The zero-order chi connectivity index (χ0) is 19.2. The molecule has 0 spiro atoms. The van der Waals surface area contributed by atoms with Gasteiger partial charge in [0.1, 0.15) is 5.75 Å². The topological polar surface area (TPSA) is 99.7 Å². The summed E-state index contributed by atoms with van der Waals surface area (Å²) in [5.74, 6) is -0.390. The molecule has 0 saturated carbocycles. The van der Waals surface area contributed by atoms with E-state index >= 15 is 0 Å². The highest BCUT2D eigenvalue weighted by molar-refractivity contribution is 5.89. The number of alkyl halides is 3. The Morgan fingerprint density at radius 1 is 0.923 bits per heavy atom. The van der Waals surface area contributed by atoms with E-state index in [1.54, 1.807) is 24.3 Å². The van der Waals surface area contributed by atoms with Crippen molar-refractivity contribution in [3.05, 3.63) is 54.1 Å². The molecular formula is C16H14F3N3O4. The molecule has 0 radical (unpaired) electrons. The molecule has 0 bridgehead atoms. The van der Waals surface area contributed by atoms with E-state index in [0.29, 0.717) is 5.69 Å². The summed E-state index contributed by atoms with van der Waals surface area (Å²) in [5, 5.41) is 15.8. The van der Waals surface area contributed by atoms with Crippen molar-refractivity contribution in [3.63, 3.8) is 0 Å². The quantitative estimate of drug-likeness (QED) is 0.640. The molecule has 10 heteroatoms. The number of carbonyl (C=O) groups excluding carboxylic acids is 1. The first-order chi connectivity index (χ1) is 12.2. The van der Waals surface area contributed by atoms with Crippen molar-refractivity contribution in [3.8, 4) is 5.75 Å². The van der Waals surface area contributed by atoms with Crippen LogP contribution in [0.1, 0.15) is 5.56 Å². The van der Waals surface area contributed by atoms with Gasteiger partial charge >= 0.3 is 18.5 Å². The number of rotatable bonds is 5. The maximum atomic E-state index is 12.1. The minimum atomic E-state index is -4.78. The number of amides is 3. The van der Waals surface area contributed by atoms with Crippen molar-refractivity contribution in [2.45, 2.75) is 12.9 Å². The number of hydrogen-bond donors (Lipinski definition) is 4. The monoisotopic (exact) mass is 369 g/mol. The fourth-order valence-electron chi connectivity index (χ4n) is 1.93. The highest BCUT2D eigenvalue weighted by Crippen LogP contribution is 2.23. The van der Waals surface area contributed by atoms with E-state index in [1.807, 2.05) is 0 Å². The lowest BCUT2D eigenvalue weighted by atomic mass is 10.2. The number of anilines is 2. The Morgan fingerprint density at radius 3 is 2.00 bits per heavy atom. The van der Waals surface area contributed by atoms with Gasteiger partial charge in [-0.15, -0.1) is 13.2 Å². The van der Waals surface area contributed by atoms with Gasteiger partial charge in [-0.05, 0) is 42.0 Å². The van der Waals surface area contributed by atoms with E-state index in [9.17, 15) is 22.8 Å². The Hall–Kier alpha value is -3.43. The van der Waals surface area contributed by atoms with Gasteiger partial charge in [-0.25, -0.2) is 9.59 Å². The van der Waals surface area contributed by atoms with Crippen LogP contribution in [0, 0.1) is 0 Å². The van der Waals surface area contributed by atoms with Crippen LogP contribution in [0.15, 0.2) is 48.5 Å². The maximum absolute atomic E-state index is 12.1. The van der Waals surface area contributed by atoms with Crippen LogP contribution in [0.5, 0.6) is 5.75 Å². The van der Waals surface area contributed by atoms with Crippen LogP contribution in [0.4, 0.5) is 34.1 Å². The molecule has 0 aliphatic heterocycles. The van der Waals surface area contributed by atoms with Crippen molar-refractivity contribution in [1.29, 1.82) is 0 Å². The van der Waals surface area contributed by atoms with Crippen LogP contribution >= 0.6 is 0 Å². The van der Waals surface area contributed by atoms with E-state index in [0.717, 1.165) is 17.7 Å². The lowest BCUT2D eigenvalue weighted by Gasteiger charge is -2.11. The predicted octanol–water partition coefficient (Wildman–Crippen LogP) is 4.00. The second-order valence-corrected chi connectivity index (χ2v) is 5.01. The molecule has 2 aromatic rings. The van der Waals surface area contributed by atoms with Gasteiger partial charge in [0.25, 0.3) is 0 Å². The Morgan fingerprint density at radius 2 is 1.46 bits per heavy atom. The highest BCUT2D eigenvalue weighted by atomic mass is 19.4. The first-order valence-electron chi connectivity index (χ1n) is 7.21. The molecule has 0 heterocycles. The molecule has 0 aliphatic carbocycles. The smallest absolute Gasteiger partial charge is 0.465 e. The second kappa shape index (κ2) is 8.10. The van der Waals surface area contributed by atoms with Crippen molar-refractivity contribution in [2.75, 3.05) is 10.6 Å². The van der Waals surface area contributed by atoms with Crippen LogP contribution in [0.2, 0.25) is 0 Å². The number of urea groups is 1. The first-order valence-corrected chi connectivity index (χ1v) is 7.21. The average Bonchev–Trinajstić information content (AvgIpc) is 2.54. The van der Waals surface area contributed by atoms with Gasteiger partial charge < -0.3 is 20.5 Å². The third kappa shape index (κ3) is 6.59. The summed E-state index contributed by atoms with van der Waals surface area (Å²) in [5.41, 5.74) is 1.41. The predicted molar refractivity (Wildman–Crippen MR) is 87.1 cm³/mol. The van der Waals surface area contributed by atoms with E-state index in [4.69, 9.17) is 5.11 Å². The fourth-order valence-corrected chi connectivity index (χ4v) is 1.93. The average molecular weight is 369 g/mol. The molecule has 0 saturated heterocycles. The summed E-state index contributed by atoms with van der Waals surface area (Å²) < 4.78 is 39.9. The van der Waals surface area contributed by atoms with E-state index in [2.05, 4.69) is 20.7 Å². The maximum Gasteiger partial charge on any atom is 0.573 e. The standard InChI is InChI=1S/C16H14F3N3O4/c17-16(18,19)26-13-7-5-11(6-8-13)21-14(23)20-9-10-1-3-12(4-2-10)22-15(24)25/h1-8,22H,9H2,(H,24,25)(H2,20,21,23). The summed E-state index contributed by atoms with van der Waals surface area (Å²) >= 11 is 0. The summed E-state index contributed by atoms with van der Waals surface area (Å²) in [6, 6.07) is 10.5. The summed E-state index contributed by atoms with van der Waals surface area (Å²) in [6.07, 6.45) is -5.95. The van der Waals surface area contributed by atoms with Gasteiger partial charge in [0, 0.05) is 17.9 Å². The van der Waals surface area contributed by atoms with Gasteiger partial charge in [0.05, 0.1) is 0 Å². The molecule has 0 fully saturated rings. The Labute approximate surface area is 145 Å². The molecule has 0 unspecified atom stereocenters. The van der Waals surface area contributed by atoms with Crippen LogP contribution in [-0.2, 0) is 6.54 Å². The number of benzene rings is 2. The van der Waals surface area contributed by atoms with Crippen molar-refractivity contribution >= 4 is 23.5 Å². The molecule has 4 N–H and O–H groups in total. The summed E-state index contributed by atoms with van der Waals surface area (Å²) in [4.78, 5) is 22.3.